The van der Waals surface area contributed by atoms with E-state index in [1.54, 1.807) is 0 Å². The number of rotatable bonds is 5. The van der Waals surface area contributed by atoms with Crippen molar-refractivity contribution in [2.24, 2.45) is 5.92 Å². The number of nitrogen functional groups attached to an aromatic ring is 1. The molecule has 1 saturated heterocycles. The van der Waals surface area contributed by atoms with Crippen molar-refractivity contribution in [2.75, 3.05) is 25.4 Å². The molecule has 0 amide bonds. The van der Waals surface area contributed by atoms with Crippen LogP contribution in [0, 0.1) is 17.6 Å². The molecule has 1 aliphatic rings. The second kappa shape index (κ2) is 8.34. The number of anilines is 1. The molecule has 1 fully saturated rings. The number of likely N-dealkylation sites (tertiary alicyclic amines) is 1. The lowest BCUT2D eigenvalue weighted by molar-refractivity contribution is 0.0895. The summed E-state index contributed by atoms with van der Waals surface area (Å²) in [4.78, 5) is 18.9. The fourth-order valence-electron chi connectivity index (χ4n) is 3.86. The third-order valence-corrected chi connectivity index (χ3v) is 6.43. The maximum Gasteiger partial charge on any atom is 0.181 e. The van der Waals surface area contributed by atoms with Crippen molar-refractivity contribution < 1.29 is 13.6 Å². The number of fused-ring (bicyclic) bond motifs is 1. The number of carbonyl (C=O) groups excluding carboxylic acids is 1. The van der Waals surface area contributed by atoms with Gasteiger partial charge in [0.25, 0.3) is 0 Å². The summed E-state index contributed by atoms with van der Waals surface area (Å²) >= 11 is 7.69. The molecule has 152 valence electrons. The molecule has 1 aliphatic heterocycles. The lowest BCUT2D eigenvalue weighted by Crippen LogP contribution is -2.37. The van der Waals surface area contributed by atoms with E-state index in [2.05, 4.69) is 9.88 Å². The molecule has 8 heteroatoms. The van der Waals surface area contributed by atoms with Gasteiger partial charge in [-0.3, -0.25) is 9.69 Å². The first-order valence-electron chi connectivity index (χ1n) is 9.44. The van der Waals surface area contributed by atoms with Crippen molar-refractivity contribution in [3.8, 4) is 0 Å². The standard InChI is InChI=1S/C21H20ClF2N3OS/c22-15-8-14(20-19(10-15)29-21(25)26-20)7-12-3-5-27(6-4-12)11-18(28)13-1-2-16(23)17(24)9-13/h1-2,8-10,12H,3-7,11H2,(H2,25,26). The molecule has 29 heavy (non-hydrogen) atoms. The number of halogens is 3. The molecular weight excluding hydrogens is 416 g/mol. The van der Waals surface area contributed by atoms with Crippen LogP contribution in [0.2, 0.25) is 5.02 Å². The highest BCUT2D eigenvalue weighted by molar-refractivity contribution is 7.22. The van der Waals surface area contributed by atoms with E-state index in [0.717, 1.165) is 60.3 Å². The number of hydrogen-bond donors (Lipinski definition) is 1. The Labute approximate surface area is 176 Å². The Morgan fingerprint density at radius 3 is 2.69 bits per heavy atom. The number of ketones is 1. The largest absolute Gasteiger partial charge is 0.375 e. The lowest BCUT2D eigenvalue weighted by atomic mass is 9.89. The molecule has 2 aromatic carbocycles. The zero-order valence-electron chi connectivity index (χ0n) is 15.6. The van der Waals surface area contributed by atoms with Crippen LogP contribution in [0.25, 0.3) is 10.2 Å². The van der Waals surface area contributed by atoms with Gasteiger partial charge < -0.3 is 5.73 Å². The van der Waals surface area contributed by atoms with Crippen LogP contribution < -0.4 is 5.73 Å². The van der Waals surface area contributed by atoms with Crippen molar-refractivity contribution in [1.29, 1.82) is 0 Å². The third-order valence-electron chi connectivity index (χ3n) is 5.38. The van der Waals surface area contributed by atoms with Crippen LogP contribution in [0.15, 0.2) is 30.3 Å². The highest BCUT2D eigenvalue weighted by atomic mass is 35.5. The first-order chi connectivity index (χ1) is 13.9. The summed E-state index contributed by atoms with van der Waals surface area (Å²) in [5.41, 5.74) is 8.09. The van der Waals surface area contributed by atoms with Gasteiger partial charge in [-0.15, -0.1) is 0 Å². The summed E-state index contributed by atoms with van der Waals surface area (Å²) < 4.78 is 27.4. The lowest BCUT2D eigenvalue weighted by Gasteiger charge is -2.31. The molecule has 4 nitrogen and oxygen atoms in total. The number of thiazole rings is 1. The van der Waals surface area contributed by atoms with Gasteiger partial charge in [0, 0.05) is 10.6 Å². The Bertz CT molecular complexity index is 1060. The van der Waals surface area contributed by atoms with Crippen LogP contribution in [0.5, 0.6) is 0 Å². The number of aromatic nitrogens is 1. The van der Waals surface area contributed by atoms with Crippen LogP contribution in [-0.2, 0) is 6.42 Å². The van der Waals surface area contributed by atoms with Crippen molar-refractivity contribution >= 4 is 44.1 Å². The van der Waals surface area contributed by atoms with Gasteiger partial charge in [0.15, 0.2) is 22.5 Å². The highest BCUT2D eigenvalue weighted by Crippen LogP contribution is 2.32. The smallest absolute Gasteiger partial charge is 0.181 e. The average Bonchev–Trinajstić information content (AvgIpc) is 3.05. The number of carbonyl (C=O) groups is 1. The summed E-state index contributed by atoms with van der Waals surface area (Å²) in [6, 6.07) is 7.14. The van der Waals surface area contributed by atoms with Gasteiger partial charge in [0.1, 0.15) is 0 Å². The van der Waals surface area contributed by atoms with Gasteiger partial charge in [0.05, 0.1) is 16.8 Å². The molecule has 0 spiro atoms. The second-order valence-corrected chi connectivity index (χ2v) is 8.94. The van der Waals surface area contributed by atoms with Gasteiger partial charge in [-0.1, -0.05) is 22.9 Å². The first kappa shape index (κ1) is 20.2. The molecule has 0 radical (unpaired) electrons. The topological polar surface area (TPSA) is 59.2 Å². The van der Waals surface area contributed by atoms with E-state index in [1.807, 2.05) is 12.1 Å². The maximum absolute atomic E-state index is 13.4. The SMILES string of the molecule is Nc1nc2c(CC3CCN(CC(=O)c4ccc(F)c(F)c4)CC3)cc(Cl)cc2s1. The van der Waals surface area contributed by atoms with E-state index in [1.165, 1.54) is 17.4 Å². The number of benzene rings is 2. The molecule has 0 atom stereocenters. The molecule has 0 aliphatic carbocycles. The highest BCUT2D eigenvalue weighted by Gasteiger charge is 2.23. The predicted molar refractivity (Wildman–Crippen MR) is 113 cm³/mol. The number of Topliss-reactive ketones (excluding diaryl/α,β-unsaturated/α-hetero) is 1. The molecule has 4 rings (SSSR count). The van der Waals surface area contributed by atoms with E-state index >= 15 is 0 Å². The Hall–Kier alpha value is -2.09. The summed E-state index contributed by atoms with van der Waals surface area (Å²) in [5, 5.41) is 1.22. The van der Waals surface area contributed by atoms with Gasteiger partial charge in [0.2, 0.25) is 0 Å². The molecular formula is C21H20ClF2N3OS. The zero-order chi connectivity index (χ0) is 20.5. The predicted octanol–water partition coefficient (Wildman–Crippen LogP) is 4.95. The van der Waals surface area contributed by atoms with Crippen LogP contribution in [0.1, 0.15) is 28.8 Å². The van der Waals surface area contributed by atoms with Gasteiger partial charge in [-0.05, 0) is 74.2 Å². The van der Waals surface area contributed by atoms with Crippen LogP contribution in [0.4, 0.5) is 13.9 Å². The molecule has 1 aromatic heterocycles. The van der Waals surface area contributed by atoms with E-state index in [9.17, 15) is 13.6 Å². The monoisotopic (exact) mass is 435 g/mol. The van der Waals surface area contributed by atoms with Crippen molar-refractivity contribution in [1.82, 2.24) is 9.88 Å². The minimum absolute atomic E-state index is 0.197. The minimum atomic E-state index is -0.995. The van der Waals surface area contributed by atoms with E-state index in [0.29, 0.717) is 16.1 Å². The van der Waals surface area contributed by atoms with Crippen LogP contribution in [-0.4, -0.2) is 35.3 Å². The van der Waals surface area contributed by atoms with E-state index < -0.39 is 11.6 Å². The Morgan fingerprint density at radius 2 is 1.97 bits per heavy atom. The summed E-state index contributed by atoms with van der Waals surface area (Å²) in [7, 11) is 0. The third kappa shape index (κ3) is 4.57. The van der Waals surface area contributed by atoms with Crippen molar-refractivity contribution in [3.05, 3.63) is 58.1 Å². The second-order valence-electron chi connectivity index (χ2n) is 7.44. The number of piperidine rings is 1. The zero-order valence-corrected chi connectivity index (χ0v) is 17.2. The molecule has 0 bridgehead atoms. The average molecular weight is 436 g/mol. The quantitative estimate of drug-likeness (QED) is 0.576. The fraction of sp³-hybridized carbons (Fsp3) is 0.333. The molecule has 3 aromatic rings. The summed E-state index contributed by atoms with van der Waals surface area (Å²) in [6.07, 6.45) is 2.75. The molecule has 0 saturated carbocycles. The first-order valence-corrected chi connectivity index (χ1v) is 10.6. The molecule has 2 N–H and O–H groups in total. The number of nitrogens with zero attached hydrogens (tertiary/aromatic N) is 2. The van der Waals surface area contributed by atoms with Crippen LogP contribution in [0.3, 0.4) is 0 Å². The molecule has 2 heterocycles. The summed E-state index contributed by atoms with van der Waals surface area (Å²) in [5.74, 6) is -1.67. The van der Waals surface area contributed by atoms with Crippen molar-refractivity contribution in [2.45, 2.75) is 19.3 Å². The van der Waals surface area contributed by atoms with Gasteiger partial charge >= 0.3 is 0 Å². The Morgan fingerprint density at radius 1 is 1.21 bits per heavy atom. The number of nitrogens with two attached hydrogens (primary N) is 1. The van der Waals surface area contributed by atoms with E-state index in [-0.39, 0.29) is 17.9 Å². The maximum atomic E-state index is 13.4. The van der Waals surface area contributed by atoms with E-state index in [4.69, 9.17) is 17.3 Å². The van der Waals surface area contributed by atoms with Crippen molar-refractivity contribution in [3.63, 3.8) is 0 Å². The fourth-order valence-corrected chi connectivity index (χ4v) is 4.98. The molecule has 0 unspecified atom stereocenters. The van der Waals surface area contributed by atoms with Crippen LogP contribution >= 0.6 is 22.9 Å². The Balaban J connectivity index is 1.36. The number of hydrogen-bond acceptors (Lipinski definition) is 5. The summed E-state index contributed by atoms with van der Waals surface area (Å²) in [6.45, 7) is 1.77. The minimum Gasteiger partial charge on any atom is -0.375 e. The Kier molecular flexibility index (Phi) is 5.81. The van der Waals surface area contributed by atoms with Gasteiger partial charge in [-0.2, -0.15) is 0 Å². The normalized spacial score (nSPS) is 15.8. The van der Waals surface area contributed by atoms with Gasteiger partial charge in [-0.25, -0.2) is 13.8 Å².